The van der Waals surface area contributed by atoms with Gasteiger partial charge in [0.2, 0.25) is 5.91 Å². The molecule has 0 saturated carbocycles. The summed E-state index contributed by atoms with van der Waals surface area (Å²) in [6, 6.07) is 10.1. The van der Waals surface area contributed by atoms with Crippen LogP contribution in [-0.4, -0.2) is 26.2 Å². The molecular formula is C19H20N4O2S. The summed E-state index contributed by atoms with van der Waals surface area (Å²) in [6.45, 7) is 1.89. The van der Waals surface area contributed by atoms with Crippen molar-refractivity contribution < 1.29 is 4.79 Å². The number of aromatic nitrogens is 3. The maximum Gasteiger partial charge on any atom is 0.278 e. The van der Waals surface area contributed by atoms with Crippen LogP contribution in [0.2, 0.25) is 0 Å². The van der Waals surface area contributed by atoms with Gasteiger partial charge in [-0.1, -0.05) is 36.0 Å². The molecule has 134 valence electrons. The van der Waals surface area contributed by atoms with Crippen LogP contribution in [-0.2, 0) is 18.3 Å². The molecule has 3 aromatic rings. The highest BCUT2D eigenvalue weighted by molar-refractivity contribution is 7.99. The van der Waals surface area contributed by atoms with Crippen LogP contribution >= 0.6 is 11.8 Å². The quantitative estimate of drug-likeness (QED) is 0.548. The predicted octanol–water partition coefficient (Wildman–Crippen LogP) is 2.47. The molecule has 1 atom stereocenters. The van der Waals surface area contributed by atoms with E-state index in [4.69, 9.17) is 0 Å². The molecule has 2 aromatic heterocycles. The number of aryl methyl sites for hydroxylation is 2. The minimum Gasteiger partial charge on any atom is -0.353 e. The van der Waals surface area contributed by atoms with Crippen molar-refractivity contribution in [3.8, 4) is 0 Å². The summed E-state index contributed by atoms with van der Waals surface area (Å²) in [5, 5.41) is 3.64. The van der Waals surface area contributed by atoms with Gasteiger partial charge >= 0.3 is 0 Å². The van der Waals surface area contributed by atoms with Gasteiger partial charge in [0.1, 0.15) is 5.52 Å². The number of carbonyl (C=O) groups is 1. The van der Waals surface area contributed by atoms with Crippen molar-refractivity contribution in [1.29, 1.82) is 0 Å². The Morgan fingerprint density at radius 3 is 3.08 bits per heavy atom. The zero-order valence-corrected chi connectivity index (χ0v) is 15.5. The molecular weight excluding hydrogens is 348 g/mol. The first-order chi connectivity index (χ1) is 12.5. The summed E-state index contributed by atoms with van der Waals surface area (Å²) in [4.78, 5) is 32.3. The lowest BCUT2D eigenvalue weighted by Crippen LogP contribution is -2.29. The highest BCUT2D eigenvalue weighted by atomic mass is 32.2. The van der Waals surface area contributed by atoms with Gasteiger partial charge in [-0.2, -0.15) is 0 Å². The monoisotopic (exact) mass is 368 g/mol. The zero-order chi connectivity index (χ0) is 18.3. The molecule has 0 unspecified atom stereocenters. The van der Waals surface area contributed by atoms with Gasteiger partial charge in [0, 0.05) is 12.7 Å². The molecule has 2 heterocycles. The smallest absolute Gasteiger partial charge is 0.278 e. The fourth-order valence-electron chi connectivity index (χ4n) is 3.46. The van der Waals surface area contributed by atoms with E-state index in [0.717, 1.165) is 18.5 Å². The molecule has 1 aliphatic rings. The Kier molecular flexibility index (Phi) is 4.32. The number of fused-ring (bicyclic) bond motifs is 2. The topological polar surface area (TPSA) is 79.8 Å². The Morgan fingerprint density at radius 2 is 2.23 bits per heavy atom. The van der Waals surface area contributed by atoms with Gasteiger partial charge in [-0.25, -0.2) is 4.98 Å². The van der Waals surface area contributed by atoms with E-state index < -0.39 is 0 Å². The molecule has 0 bridgehead atoms. The number of H-pyrrole nitrogens is 1. The predicted molar refractivity (Wildman–Crippen MR) is 102 cm³/mol. The largest absolute Gasteiger partial charge is 0.353 e. The van der Waals surface area contributed by atoms with E-state index in [1.165, 1.54) is 27.5 Å². The van der Waals surface area contributed by atoms with Gasteiger partial charge in [0.05, 0.1) is 17.3 Å². The molecule has 0 fully saturated rings. The number of hydrogen-bond donors (Lipinski definition) is 2. The van der Waals surface area contributed by atoms with Gasteiger partial charge in [-0.3, -0.25) is 14.2 Å². The highest BCUT2D eigenvalue weighted by Gasteiger charge is 2.23. The van der Waals surface area contributed by atoms with Crippen LogP contribution < -0.4 is 10.9 Å². The van der Waals surface area contributed by atoms with Crippen molar-refractivity contribution in [2.24, 2.45) is 7.05 Å². The third-order valence-electron chi connectivity index (χ3n) is 4.75. The summed E-state index contributed by atoms with van der Waals surface area (Å²) in [5.74, 6) is 0.185. The van der Waals surface area contributed by atoms with E-state index in [0.29, 0.717) is 16.2 Å². The Labute approximate surface area is 155 Å². The number of amides is 1. The highest BCUT2D eigenvalue weighted by Crippen LogP contribution is 2.30. The van der Waals surface area contributed by atoms with Gasteiger partial charge in [-0.05, 0) is 37.0 Å². The number of thioether (sulfide) groups is 1. The lowest BCUT2D eigenvalue weighted by Gasteiger charge is -2.14. The molecule has 1 aliphatic carbocycles. The van der Waals surface area contributed by atoms with Crippen LogP contribution in [0.4, 0.5) is 0 Å². The van der Waals surface area contributed by atoms with Crippen LogP contribution in [0.3, 0.4) is 0 Å². The summed E-state index contributed by atoms with van der Waals surface area (Å²) in [7, 11) is 1.68. The maximum atomic E-state index is 12.4. The summed E-state index contributed by atoms with van der Waals surface area (Å²) in [6.07, 6.45) is 1.93. The number of carbonyl (C=O) groups excluding carboxylic acids is 1. The van der Waals surface area contributed by atoms with Crippen LogP contribution in [0, 0.1) is 6.92 Å². The van der Waals surface area contributed by atoms with Crippen molar-refractivity contribution in [2.75, 3.05) is 5.75 Å². The van der Waals surface area contributed by atoms with E-state index in [9.17, 15) is 9.59 Å². The van der Waals surface area contributed by atoms with Gasteiger partial charge in [0.25, 0.3) is 5.56 Å². The molecule has 4 rings (SSSR count). The van der Waals surface area contributed by atoms with Crippen molar-refractivity contribution >= 4 is 28.7 Å². The van der Waals surface area contributed by atoms with E-state index in [1.807, 2.05) is 25.1 Å². The first kappa shape index (κ1) is 16.9. The lowest BCUT2D eigenvalue weighted by molar-refractivity contribution is -0.119. The number of hydrogen-bond acceptors (Lipinski definition) is 4. The van der Waals surface area contributed by atoms with Gasteiger partial charge in [-0.15, -0.1) is 0 Å². The molecule has 0 spiro atoms. The second kappa shape index (κ2) is 6.64. The minimum atomic E-state index is -0.129. The molecule has 26 heavy (non-hydrogen) atoms. The molecule has 1 aromatic carbocycles. The van der Waals surface area contributed by atoms with Crippen LogP contribution in [0.25, 0.3) is 11.0 Å². The first-order valence-corrected chi connectivity index (χ1v) is 9.58. The van der Waals surface area contributed by atoms with E-state index in [-0.39, 0.29) is 23.3 Å². The number of nitrogens with one attached hydrogen (secondary N) is 2. The second-order valence-corrected chi connectivity index (χ2v) is 7.56. The lowest BCUT2D eigenvalue weighted by atomic mass is 10.1. The third kappa shape index (κ3) is 3.03. The standard InChI is InChI=1S/C19H20N4O2S/c1-11-9-15-17(20-11)18(25)23(2)19(22-15)26-10-16(24)21-14-8-7-12-5-3-4-6-13(12)14/h3-6,9,14,20H,7-8,10H2,1-2H3,(H,21,24)/t14-/m1/s1. The third-order valence-corrected chi connectivity index (χ3v) is 5.78. The average molecular weight is 368 g/mol. The minimum absolute atomic E-state index is 0.0451. The van der Waals surface area contributed by atoms with Crippen LogP contribution in [0.1, 0.15) is 29.3 Å². The van der Waals surface area contributed by atoms with E-state index in [1.54, 1.807) is 7.05 Å². The normalized spacial score (nSPS) is 16.0. The molecule has 1 amide bonds. The second-order valence-electron chi connectivity index (χ2n) is 6.62. The van der Waals surface area contributed by atoms with Gasteiger partial charge < -0.3 is 10.3 Å². The summed E-state index contributed by atoms with van der Waals surface area (Å²) < 4.78 is 1.49. The number of benzene rings is 1. The zero-order valence-electron chi connectivity index (χ0n) is 14.7. The van der Waals surface area contributed by atoms with Crippen LogP contribution in [0.5, 0.6) is 0 Å². The Hall–Kier alpha value is -2.54. The molecule has 0 aliphatic heterocycles. The Balaban J connectivity index is 1.46. The summed E-state index contributed by atoms with van der Waals surface area (Å²) >= 11 is 1.28. The fourth-order valence-corrected chi connectivity index (χ4v) is 4.24. The van der Waals surface area contributed by atoms with Crippen LogP contribution in [0.15, 0.2) is 40.3 Å². The molecule has 6 nitrogen and oxygen atoms in total. The van der Waals surface area contributed by atoms with Gasteiger partial charge in [0.15, 0.2) is 5.16 Å². The van der Waals surface area contributed by atoms with Crippen molar-refractivity contribution in [3.05, 3.63) is 57.5 Å². The van der Waals surface area contributed by atoms with Crippen molar-refractivity contribution in [1.82, 2.24) is 19.9 Å². The summed E-state index contributed by atoms with van der Waals surface area (Å²) in [5.41, 5.74) is 4.42. The SMILES string of the molecule is Cc1cc2nc(SCC(=O)N[C@@H]3CCc4ccccc43)n(C)c(=O)c2[nH]1. The molecule has 7 heteroatoms. The van der Waals surface area contributed by atoms with Crippen molar-refractivity contribution in [3.63, 3.8) is 0 Å². The Morgan fingerprint density at radius 1 is 1.42 bits per heavy atom. The Bertz CT molecular complexity index is 1050. The number of aromatic amines is 1. The number of nitrogens with zero attached hydrogens (tertiary/aromatic N) is 2. The average Bonchev–Trinajstić information content (AvgIpc) is 3.20. The number of rotatable bonds is 4. The fraction of sp³-hybridized carbons (Fsp3) is 0.316. The molecule has 0 saturated heterocycles. The first-order valence-electron chi connectivity index (χ1n) is 8.59. The molecule has 0 radical (unpaired) electrons. The molecule has 2 N–H and O–H groups in total. The maximum absolute atomic E-state index is 12.4. The van der Waals surface area contributed by atoms with Crippen molar-refractivity contribution in [2.45, 2.75) is 31.0 Å². The van der Waals surface area contributed by atoms with E-state index >= 15 is 0 Å². The van der Waals surface area contributed by atoms with E-state index in [2.05, 4.69) is 27.4 Å².